The number of hydrogen-bond donors (Lipinski definition) is 2. The highest BCUT2D eigenvalue weighted by Crippen LogP contribution is 2.27. The van der Waals surface area contributed by atoms with E-state index in [0.717, 1.165) is 37.4 Å². The average Bonchev–Trinajstić information content (AvgIpc) is 2.98. The fraction of sp³-hybridized carbons (Fsp3) is 0.632. The molecule has 0 saturated carbocycles. The molecular formula is C19H29ClN2O4. The van der Waals surface area contributed by atoms with Gasteiger partial charge in [0.1, 0.15) is 18.0 Å². The van der Waals surface area contributed by atoms with E-state index in [1.165, 1.54) is 0 Å². The number of halogens is 1. The lowest BCUT2D eigenvalue weighted by Crippen LogP contribution is -2.36. The van der Waals surface area contributed by atoms with Gasteiger partial charge in [0.15, 0.2) is 0 Å². The molecule has 1 aliphatic rings. The van der Waals surface area contributed by atoms with Crippen LogP contribution in [0, 0.1) is 5.92 Å². The van der Waals surface area contributed by atoms with Crippen LogP contribution >= 0.6 is 11.6 Å². The Morgan fingerprint density at radius 2 is 2.19 bits per heavy atom. The normalized spacial score (nSPS) is 18.0. The van der Waals surface area contributed by atoms with Crippen molar-refractivity contribution < 1.29 is 19.4 Å². The van der Waals surface area contributed by atoms with Crippen LogP contribution < -0.4 is 10.1 Å². The Kier molecular flexibility index (Phi) is 7.55. The summed E-state index contributed by atoms with van der Waals surface area (Å²) in [5.74, 6) is 1.14. The van der Waals surface area contributed by atoms with Crippen LogP contribution in [0.25, 0.3) is 0 Å². The van der Waals surface area contributed by atoms with Gasteiger partial charge in [-0.25, -0.2) is 4.79 Å². The molecule has 7 heteroatoms. The maximum absolute atomic E-state index is 11.8. The van der Waals surface area contributed by atoms with Crippen molar-refractivity contribution in [2.45, 2.75) is 39.3 Å². The molecule has 1 amide bonds. The van der Waals surface area contributed by atoms with Gasteiger partial charge >= 0.3 is 6.09 Å². The fourth-order valence-corrected chi connectivity index (χ4v) is 3.17. The van der Waals surface area contributed by atoms with Gasteiger partial charge in [-0.1, -0.05) is 11.6 Å². The van der Waals surface area contributed by atoms with Gasteiger partial charge in [-0.2, -0.15) is 0 Å². The maximum atomic E-state index is 11.8. The molecule has 0 unspecified atom stereocenters. The lowest BCUT2D eigenvalue weighted by Gasteiger charge is -2.21. The highest BCUT2D eigenvalue weighted by Gasteiger charge is 2.25. The lowest BCUT2D eigenvalue weighted by atomic mass is 10.1. The van der Waals surface area contributed by atoms with Crippen LogP contribution in [0.1, 0.15) is 32.8 Å². The first-order chi connectivity index (χ1) is 12.3. The number of hydrogen-bond acceptors (Lipinski definition) is 5. The third-order valence-corrected chi connectivity index (χ3v) is 4.30. The number of benzene rings is 1. The first-order valence-electron chi connectivity index (χ1n) is 8.98. The smallest absolute Gasteiger partial charge is 0.407 e. The quantitative estimate of drug-likeness (QED) is 0.756. The van der Waals surface area contributed by atoms with Gasteiger partial charge in [0, 0.05) is 30.2 Å². The van der Waals surface area contributed by atoms with Crippen molar-refractivity contribution in [3.05, 3.63) is 28.8 Å². The van der Waals surface area contributed by atoms with Crippen LogP contribution in [-0.4, -0.2) is 54.5 Å². The number of alkyl carbamates (subject to hydrolysis) is 1. The number of nitrogens with one attached hydrogen (secondary N) is 1. The van der Waals surface area contributed by atoms with E-state index in [0.29, 0.717) is 17.5 Å². The zero-order valence-electron chi connectivity index (χ0n) is 15.8. The number of aliphatic hydroxyl groups excluding tert-OH is 1. The minimum absolute atomic E-state index is 0.0236. The number of likely N-dealkylation sites (tertiary alicyclic amines) is 1. The first-order valence-corrected chi connectivity index (χ1v) is 9.36. The largest absolute Gasteiger partial charge is 0.491 e. The molecule has 1 aromatic carbocycles. The van der Waals surface area contributed by atoms with Crippen molar-refractivity contribution >= 4 is 17.7 Å². The van der Waals surface area contributed by atoms with Crippen molar-refractivity contribution in [2.24, 2.45) is 5.92 Å². The lowest BCUT2D eigenvalue weighted by molar-refractivity contribution is 0.0519. The number of aliphatic hydroxyl groups is 1. The first kappa shape index (κ1) is 20.8. The van der Waals surface area contributed by atoms with Gasteiger partial charge in [0.25, 0.3) is 0 Å². The molecule has 0 radical (unpaired) electrons. The third kappa shape index (κ3) is 7.02. The number of carbonyl (C=O) groups is 1. The molecule has 0 aromatic heterocycles. The molecule has 6 nitrogen and oxygen atoms in total. The third-order valence-electron chi connectivity index (χ3n) is 4.07. The Morgan fingerprint density at radius 3 is 2.88 bits per heavy atom. The highest BCUT2D eigenvalue weighted by molar-refractivity contribution is 6.30. The van der Waals surface area contributed by atoms with Crippen molar-refractivity contribution in [1.82, 2.24) is 10.2 Å². The number of nitrogens with zero attached hydrogens (tertiary/aromatic N) is 1. The number of rotatable bonds is 7. The van der Waals surface area contributed by atoms with E-state index < -0.39 is 5.60 Å². The van der Waals surface area contributed by atoms with E-state index in [2.05, 4.69) is 10.2 Å². The van der Waals surface area contributed by atoms with Crippen LogP contribution in [0.15, 0.2) is 18.2 Å². The van der Waals surface area contributed by atoms with E-state index in [-0.39, 0.29) is 19.3 Å². The Bertz CT molecular complexity index is 604. The maximum Gasteiger partial charge on any atom is 0.407 e. The molecule has 1 atom stereocenters. The van der Waals surface area contributed by atoms with Gasteiger partial charge in [-0.3, -0.25) is 4.90 Å². The van der Waals surface area contributed by atoms with Gasteiger partial charge in [-0.05, 0) is 57.9 Å². The average molecular weight is 385 g/mol. The summed E-state index contributed by atoms with van der Waals surface area (Å²) in [6.07, 6.45) is 0.647. The monoisotopic (exact) mass is 384 g/mol. The number of ether oxygens (including phenoxy) is 2. The van der Waals surface area contributed by atoms with Gasteiger partial charge < -0.3 is 19.9 Å². The molecule has 0 aliphatic carbocycles. The molecule has 2 rings (SSSR count). The molecule has 146 valence electrons. The number of carbonyl (C=O) groups excluding carboxylic acids is 1. The second kappa shape index (κ2) is 9.44. The Balaban J connectivity index is 1.84. The van der Waals surface area contributed by atoms with Crippen LogP contribution in [-0.2, 0) is 11.3 Å². The summed E-state index contributed by atoms with van der Waals surface area (Å²) in [5.41, 5.74) is 0.523. The SMILES string of the molecule is CC(C)(C)OC(=O)NC[C@@H]1CCN(Cc2cc(Cl)ccc2OCCO)C1. The van der Waals surface area contributed by atoms with Crippen molar-refractivity contribution in [1.29, 1.82) is 0 Å². The molecule has 0 spiro atoms. The van der Waals surface area contributed by atoms with E-state index in [1.807, 2.05) is 32.9 Å². The molecule has 1 saturated heterocycles. The van der Waals surface area contributed by atoms with Crippen molar-refractivity contribution in [2.75, 3.05) is 32.8 Å². The molecule has 26 heavy (non-hydrogen) atoms. The molecule has 1 aliphatic heterocycles. The summed E-state index contributed by atoms with van der Waals surface area (Å²) < 4.78 is 10.9. The Hall–Kier alpha value is -1.50. The van der Waals surface area contributed by atoms with Crippen LogP contribution in [0.3, 0.4) is 0 Å². The van der Waals surface area contributed by atoms with Crippen LogP contribution in [0.5, 0.6) is 5.75 Å². The summed E-state index contributed by atoms with van der Waals surface area (Å²) in [6, 6.07) is 5.53. The Morgan fingerprint density at radius 1 is 1.42 bits per heavy atom. The summed E-state index contributed by atoms with van der Waals surface area (Å²) in [6.45, 7) is 8.97. The zero-order chi connectivity index (χ0) is 19.2. The molecule has 0 bridgehead atoms. The van der Waals surface area contributed by atoms with Crippen LogP contribution in [0.4, 0.5) is 4.79 Å². The second-order valence-corrected chi connectivity index (χ2v) is 8.03. The number of amides is 1. The fourth-order valence-electron chi connectivity index (χ4n) is 2.97. The summed E-state index contributed by atoms with van der Waals surface area (Å²) in [7, 11) is 0. The predicted molar refractivity (Wildman–Crippen MR) is 102 cm³/mol. The molecular weight excluding hydrogens is 356 g/mol. The van der Waals surface area contributed by atoms with E-state index >= 15 is 0 Å². The highest BCUT2D eigenvalue weighted by atomic mass is 35.5. The van der Waals surface area contributed by atoms with E-state index in [1.54, 1.807) is 6.07 Å². The van der Waals surface area contributed by atoms with Gasteiger partial charge in [-0.15, -0.1) is 0 Å². The second-order valence-electron chi connectivity index (χ2n) is 7.60. The molecule has 2 N–H and O–H groups in total. The minimum atomic E-state index is -0.483. The standard InChI is InChI=1S/C19H29ClN2O4/c1-19(2,3)26-18(24)21-11-14-6-7-22(12-14)13-15-10-16(20)4-5-17(15)25-9-8-23/h4-5,10,14,23H,6-9,11-13H2,1-3H3,(H,21,24)/t14-/m0/s1. The summed E-state index contributed by atoms with van der Waals surface area (Å²) in [4.78, 5) is 14.1. The predicted octanol–water partition coefficient (Wildman–Crippen LogP) is 3.06. The van der Waals surface area contributed by atoms with E-state index in [9.17, 15) is 4.79 Å². The van der Waals surface area contributed by atoms with Gasteiger partial charge in [0.2, 0.25) is 0 Å². The van der Waals surface area contributed by atoms with E-state index in [4.69, 9.17) is 26.2 Å². The molecule has 1 aromatic rings. The minimum Gasteiger partial charge on any atom is -0.491 e. The zero-order valence-corrected chi connectivity index (χ0v) is 16.5. The molecule has 1 heterocycles. The summed E-state index contributed by atoms with van der Waals surface area (Å²) >= 11 is 6.12. The van der Waals surface area contributed by atoms with Crippen molar-refractivity contribution in [3.8, 4) is 5.75 Å². The molecule has 1 fully saturated rings. The van der Waals surface area contributed by atoms with Crippen LogP contribution in [0.2, 0.25) is 5.02 Å². The summed E-state index contributed by atoms with van der Waals surface area (Å²) in [5, 5.41) is 12.5. The topological polar surface area (TPSA) is 71.0 Å². The van der Waals surface area contributed by atoms with Gasteiger partial charge in [0.05, 0.1) is 6.61 Å². The van der Waals surface area contributed by atoms with Crippen molar-refractivity contribution in [3.63, 3.8) is 0 Å². The Labute approximate surface area is 160 Å².